The van der Waals surface area contributed by atoms with Crippen LogP contribution in [0.1, 0.15) is 13.3 Å². The number of nitrogens with one attached hydrogen (secondary N) is 2. The van der Waals surface area contributed by atoms with Gasteiger partial charge in [-0.3, -0.25) is 0 Å². The second-order valence-electron chi connectivity index (χ2n) is 7.26. The number of nitrogens with zero attached hydrogens (tertiary/aromatic N) is 2. The van der Waals surface area contributed by atoms with E-state index >= 15 is 0 Å². The monoisotopic (exact) mass is 430 g/mol. The Kier molecular flexibility index (Phi) is 7.57. The zero-order valence-electron chi connectivity index (χ0n) is 17.5. The predicted molar refractivity (Wildman–Crippen MR) is 121 cm³/mol. The molecule has 1 atom stereocenters. The SMILES string of the molecule is CCNC(=NCCOc1ccc(S(C)(=O)=O)cc1)NC1CCN(c2ccccc2)C1. The van der Waals surface area contributed by atoms with Crippen LogP contribution in [0.25, 0.3) is 0 Å². The number of hydrogen-bond acceptors (Lipinski definition) is 5. The number of sulfone groups is 1. The minimum Gasteiger partial charge on any atom is -0.492 e. The molecular formula is C22H30N4O3S. The number of aliphatic imine (C=N–C) groups is 1. The highest BCUT2D eigenvalue weighted by Gasteiger charge is 2.23. The quantitative estimate of drug-likeness (QED) is 0.380. The van der Waals surface area contributed by atoms with Crippen molar-refractivity contribution in [1.29, 1.82) is 0 Å². The van der Waals surface area contributed by atoms with Crippen molar-refractivity contribution >= 4 is 21.5 Å². The molecule has 30 heavy (non-hydrogen) atoms. The molecule has 1 heterocycles. The average molecular weight is 431 g/mol. The third kappa shape index (κ3) is 6.38. The molecule has 2 aromatic rings. The van der Waals surface area contributed by atoms with Gasteiger partial charge in [-0.05, 0) is 49.7 Å². The van der Waals surface area contributed by atoms with Crippen LogP contribution in [-0.2, 0) is 9.84 Å². The first-order valence-corrected chi connectivity index (χ1v) is 12.1. The molecule has 1 saturated heterocycles. The van der Waals surface area contributed by atoms with Crippen molar-refractivity contribution < 1.29 is 13.2 Å². The molecule has 1 fully saturated rings. The van der Waals surface area contributed by atoms with Gasteiger partial charge < -0.3 is 20.3 Å². The van der Waals surface area contributed by atoms with E-state index in [1.165, 1.54) is 11.9 Å². The molecule has 0 radical (unpaired) electrons. The summed E-state index contributed by atoms with van der Waals surface area (Å²) < 4.78 is 28.7. The molecule has 0 saturated carbocycles. The van der Waals surface area contributed by atoms with Crippen LogP contribution in [0.3, 0.4) is 0 Å². The van der Waals surface area contributed by atoms with E-state index in [0.29, 0.717) is 24.9 Å². The average Bonchev–Trinajstić information content (AvgIpc) is 3.20. The molecule has 1 aliphatic rings. The van der Waals surface area contributed by atoms with Crippen molar-refractivity contribution in [3.63, 3.8) is 0 Å². The van der Waals surface area contributed by atoms with Crippen LogP contribution in [0.2, 0.25) is 0 Å². The van der Waals surface area contributed by atoms with Crippen LogP contribution >= 0.6 is 0 Å². The lowest BCUT2D eigenvalue weighted by Gasteiger charge is -2.20. The van der Waals surface area contributed by atoms with E-state index in [1.54, 1.807) is 24.3 Å². The van der Waals surface area contributed by atoms with Gasteiger partial charge in [-0.25, -0.2) is 13.4 Å². The summed E-state index contributed by atoms with van der Waals surface area (Å²) in [5.41, 5.74) is 1.25. The highest BCUT2D eigenvalue weighted by Crippen LogP contribution is 2.19. The van der Waals surface area contributed by atoms with Crippen molar-refractivity contribution in [3.05, 3.63) is 54.6 Å². The maximum Gasteiger partial charge on any atom is 0.191 e. The summed E-state index contributed by atoms with van der Waals surface area (Å²) in [6.07, 6.45) is 2.25. The Balaban J connectivity index is 1.48. The van der Waals surface area contributed by atoms with E-state index in [1.807, 2.05) is 13.0 Å². The fourth-order valence-corrected chi connectivity index (χ4v) is 4.00. The summed E-state index contributed by atoms with van der Waals surface area (Å²) in [6, 6.07) is 17.2. The summed E-state index contributed by atoms with van der Waals surface area (Å²) in [4.78, 5) is 7.27. The Hall–Kier alpha value is -2.74. The third-order valence-electron chi connectivity index (χ3n) is 4.88. The molecule has 1 aliphatic heterocycles. The number of anilines is 1. The molecule has 3 rings (SSSR count). The van der Waals surface area contributed by atoms with Gasteiger partial charge in [0.1, 0.15) is 12.4 Å². The number of para-hydroxylation sites is 1. The maximum atomic E-state index is 11.5. The number of rotatable bonds is 8. The summed E-state index contributed by atoms with van der Waals surface area (Å²) >= 11 is 0. The molecule has 0 aromatic heterocycles. The molecule has 8 heteroatoms. The normalized spacial score (nSPS) is 17.1. The van der Waals surface area contributed by atoms with Gasteiger partial charge in [0.2, 0.25) is 0 Å². The van der Waals surface area contributed by atoms with Gasteiger partial charge >= 0.3 is 0 Å². The first kappa shape index (κ1) is 22.0. The Morgan fingerprint density at radius 3 is 2.57 bits per heavy atom. The van der Waals surface area contributed by atoms with E-state index in [0.717, 1.165) is 32.0 Å². The lowest BCUT2D eigenvalue weighted by atomic mass is 10.3. The second-order valence-corrected chi connectivity index (χ2v) is 9.28. The number of hydrogen-bond donors (Lipinski definition) is 2. The summed E-state index contributed by atoms with van der Waals surface area (Å²) in [7, 11) is -3.19. The minimum absolute atomic E-state index is 0.285. The zero-order valence-corrected chi connectivity index (χ0v) is 18.4. The number of benzene rings is 2. The van der Waals surface area contributed by atoms with Crippen molar-refractivity contribution in [2.75, 3.05) is 43.9 Å². The van der Waals surface area contributed by atoms with Gasteiger partial charge in [0.05, 0.1) is 11.4 Å². The molecule has 0 spiro atoms. The lowest BCUT2D eigenvalue weighted by molar-refractivity contribution is 0.328. The van der Waals surface area contributed by atoms with Gasteiger partial charge in [0.25, 0.3) is 0 Å². The highest BCUT2D eigenvalue weighted by atomic mass is 32.2. The summed E-state index contributed by atoms with van der Waals surface area (Å²) in [5.74, 6) is 1.42. The van der Waals surface area contributed by atoms with Crippen molar-refractivity contribution in [2.45, 2.75) is 24.3 Å². The van der Waals surface area contributed by atoms with E-state index in [2.05, 4.69) is 44.8 Å². The predicted octanol–water partition coefficient (Wildman–Crippen LogP) is 2.30. The van der Waals surface area contributed by atoms with E-state index in [4.69, 9.17) is 4.74 Å². The van der Waals surface area contributed by atoms with Crippen LogP contribution in [0.15, 0.2) is 64.5 Å². The van der Waals surface area contributed by atoms with Gasteiger partial charge in [-0.1, -0.05) is 18.2 Å². The van der Waals surface area contributed by atoms with Crippen molar-refractivity contribution in [2.24, 2.45) is 4.99 Å². The van der Waals surface area contributed by atoms with Crippen molar-refractivity contribution in [3.8, 4) is 5.75 Å². The summed E-state index contributed by atoms with van der Waals surface area (Å²) in [6.45, 7) is 5.70. The highest BCUT2D eigenvalue weighted by molar-refractivity contribution is 7.90. The first-order valence-electron chi connectivity index (χ1n) is 10.2. The molecule has 1 unspecified atom stereocenters. The van der Waals surface area contributed by atoms with E-state index in [9.17, 15) is 8.42 Å². The molecule has 0 amide bonds. The zero-order chi connectivity index (χ0) is 21.4. The molecule has 162 valence electrons. The third-order valence-corrected chi connectivity index (χ3v) is 6.00. The molecule has 2 N–H and O–H groups in total. The van der Waals surface area contributed by atoms with E-state index < -0.39 is 9.84 Å². The Bertz CT molecular complexity index is 931. The topological polar surface area (TPSA) is 83.0 Å². The van der Waals surface area contributed by atoms with Crippen LogP contribution in [0, 0.1) is 0 Å². The van der Waals surface area contributed by atoms with Crippen LogP contribution in [-0.4, -0.2) is 59.5 Å². The van der Waals surface area contributed by atoms with Crippen LogP contribution in [0.4, 0.5) is 5.69 Å². The van der Waals surface area contributed by atoms with E-state index in [-0.39, 0.29) is 4.90 Å². The molecule has 7 nitrogen and oxygen atoms in total. The second kappa shape index (κ2) is 10.3. The Labute approximate surface area is 179 Å². The lowest BCUT2D eigenvalue weighted by Crippen LogP contribution is -2.44. The Morgan fingerprint density at radius 2 is 1.90 bits per heavy atom. The molecule has 0 bridgehead atoms. The fraction of sp³-hybridized carbons (Fsp3) is 0.409. The molecule has 2 aromatic carbocycles. The number of ether oxygens (including phenoxy) is 1. The van der Waals surface area contributed by atoms with Gasteiger partial charge in [0.15, 0.2) is 15.8 Å². The van der Waals surface area contributed by atoms with Gasteiger partial charge in [-0.15, -0.1) is 0 Å². The standard InChI is InChI=1S/C22H30N4O3S/c1-3-23-22(25-18-13-15-26(17-18)19-7-5-4-6-8-19)24-14-16-29-20-9-11-21(12-10-20)30(2,27)28/h4-12,18H,3,13-17H2,1-2H3,(H2,23,24,25). The Morgan fingerprint density at radius 1 is 1.17 bits per heavy atom. The van der Waals surface area contributed by atoms with Crippen LogP contribution in [0.5, 0.6) is 5.75 Å². The largest absolute Gasteiger partial charge is 0.492 e. The molecule has 0 aliphatic carbocycles. The van der Waals surface area contributed by atoms with Crippen LogP contribution < -0.4 is 20.3 Å². The molecular weight excluding hydrogens is 400 g/mol. The maximum absolute atomic E-state index is 11.5. The number of guanidine groups is 1. The first-order chi connectivity index (χ1) is 14.5. The smallest absolute Gasteiger partial charge is 0.191 e. The van der Waals surface area contributed by atoms with Crippen molar-refractivity contribution in [1.82, 2.24) is 10.6 Å². The summed E-state index contributed by atoms with van der Waals surface area (Å²) in [5, 5.41) is 6.80. The fourth-order valence-electron chi connectivity index (χ4n) is 3.37. The minimum atomic E-state index is -3.19. The van der Waals surface area contributed by atoms with Gasteiger partial charge in [-0.2, -0.15) is 0 Å². The van der Waals surface area contributed by atoms with Gasteiger partial charge in [0, 0.05) is 37.6 Å².